The standard InChI is InChI=1S/C39H65N3O7/c1-13-27(6)36(41(10)38(45)30(25(2)3)22-32(43)35(26(4)5)40(8)9)33(47-11)23-34(44)42-21-17-20-31(42)37(48-12)28(7)39(46)49-24-29-18-15-14-16-19-29/h14-16,18-19,25-28,30-31,33,35-37H,13,17,20-24H2,1-12H3/t27-,28+,30-,31-,33+,35-,36-,37+/m0/s1. The summed E-state index contributed by atoms with van der Waals surface area (Å²) in [5, 5.41) is 0. The minimum atomic E-state index is -0.583. The third kappa shape index (κ3) is 11.3. The number of rotatable bonds is 20. The van der Waals surface area contributed by atoms with Crippen LogP contribution in [0.5, 0.6) is 0 Å². The molecule has 0 N–H and O–H groups in total. The van der Waals surface area contributed by atoms with Crippen molar-refractivity contribution in [2.75, 3.05) is 41.9 Å². The minimum absolute atomic E-state index is 0.0286. The molecule has 1 aromatic rings. The molecule has 10 nitrogen and oxygen atoms in total. The second-order valence-electron chi connectivity index (χ2n) is 14.9. The van der Waals surface area contributed by atoms with Gasteiger partial charge in [0.05, 0.1) is 42.7 Å². The molecule has 0 radical (unpaired) electrons. The van der Waals surface area contributed by atoms with E-state index in [1.54, 1.807) is 33.1 Å². The zero-order valence-corrected chi connectivity index (χ0v) is 32.3. The zero-order chi connectivity index (χ0) is 37.0. The number of hydrogen-bond acceptors (Lipinski definition) is 8. The normalized spacial score (nSPS) is 19.3. The molecule has 1 aliphatic rings. The number of ether oxygens (including phenoxy) is 3. The van der Waals surface area contributed by atoms with Crippen molar-refractivity contribution in [2.24, 2.45) is 29.6 Å². The van der Waals surface area contributed by atoms with E-state index in [1.807, 2.05) is 81.9 Å². The maximum atomic E-state index is 14.2. The summed E-state index contributed by atoms with van der Waals surface area (Å²) in [5.41, 5.74) is 0.902. The van der Waals surface area contributed by atoms with Crippen molar-refractivity contribution in [2.45, 2.75) is 118 Å². The fourth-order valence-corrected chi connectivity index (χ4v) is 7.61. The summed E-state index contributed by atoms with van der Waals surface area (Å²) in [5.74, 6) is -1.49. The van der Waals surface area contributed by atoms with Crippen molar-refractivity contribution in [3.05, 3.63) is 35.9 Å². The number of esters is 1. The van der Waals surface area contributed by atoms with Crippen LogP contribution in [0.3, 0.4) is 0 Å². The Labute approximate surface area is 296 Å². The van der Waals surface area contributed by atoms with E-state index in [9.17, 15) is 19.2 Å². The monoisotopic (exact) mass is 687 g/mol. The first-order valence-corrected chi connectivity index (χ1v) is 18.1. The van der Waals surface area contributed by atoms with Crippen LogP contribution in [0, 0.1) is 29.6 Å². The molecule has 0 aliphatic carbocycles. The number of carbonyl (C=O) groups excluding carboxylic acids is 4. The summed E-state index contributed by atoms with van der Waals surface area (Å²) in [4.78, 5) is 60.4. The van der Waals surface area contributed by atoms with Gasteiger partial charge in [0.15, 0.2) is 5.78 Å². The lowest BCUT2D eigenvalue weighted by atomic mass is 9.83. The van der Waals surface area contributed by atoms with Gasteiger partial charge in [-0.15, -0.1) is 0 Å². The molecule has 1 aliphatic heterocycles. The van der Waals surface area contributed by atoms with Crippen LogP contribution in [0.2, 0.25) is 0 Å². The Bertz CT molecular complexity index is 1180. The lowest BCUT2D eigenvalue weighted by Gasteiger charge is -2.41. The molecule has 2 rings (SSSR count). The second-order valence-corrected chi connectivity index (χ2v) is 14.9. The molecule has 8 atom stereocenters. The molecule has 0 unspecified atom stereocenters. The number of ketones is 1. The average molecular weight is 688 g/mol. The van der Waals surface area contributed by atoms with E-state index in [-0.39, 0.29) is 78.9 Å². The number of benzene rings is 1. The molecular formula is C39H65N3O7. The maximum absolute atomic E-state index is 14.2. The van der Waals surface area contributed by atoms with Crippen LogP contribution in [-0.2, 0) is 40.0 Å². The Balaban J connectivity index is 2.24. The first kappa shape index (κ1) is 42.3. The van der Waals surface area contributed by atoms with E-state index < -0.39 is 24.0 Å². The molecule has 1 saturated heterocycles. The van der Waals surface area contributed by atoms with Crippen molar-refractivity contribution in [1.82, 2.24) is 14.7 Å². The molecule has 278 valence electrons. The van der Waals surface area contributed by atoms with E-state index >= 15 is 0 Å². The fourth-order valence-electron chi connectivity index (χ4n) is 7.61. The summed E-state index contributed by atoms with van der Waals surface area (Å²) in [6.07, 6.45) is 1.40. The number of amides is 2. The van der Waals surface area contributed by atoms with E-state index in [2.05, 4.69) is 13.8 Å². The second kappa shape index (κ2) is 20.1. The van der Waals surface area contributed by atoms with Crippen molar-refractivity contribution in [1.29, 1.82) is 0 Å². The number of carbonyl (C=O) groups is 4. The summed E-state index contributed by atoms with van der Waals surface area (Å²) in [7, 11) is 8.74. The maximum Gasteiger partial charge on any atom is 0.311 e. The van der Waals surface area contributed by atoms with Crippen LogP contribution in [0.15, 0.2) is 30.3 Å². The number of likely N-dealkylation sites (tertiary alicyclic amines) is 1. The van der Waals surface area contributed by atoms with E-state index in [0.29, 0.717) is 13.0 Å². The third-order valence-electron chi connectivity index (χ3n) is 10.5. The van der Waals surface area contributed by atoms with Crippen LogP contribution in [0.25, 0.3) is 0 Å². The van der Waals surface area contributed by atoms with Crippen molar-refractivity contribution < 1.29 is 33.4 Å². The van der Waals surface area contributed by atoms with Gasteiger partial charge in [-0.05, 0) is 57.2 Å². The zero-order valence-electron chi connectivity index (χ0n) is 32.3. The molecule has 0 aromatic heterocycles. The van der Waals surface area contributed by atoms with E-state index in [1.165, 1.54) is 0 Å². The quantitative estimate of drug-likeness (QED) is 0.166. The molecule has 10 heteroatoms. The molecule has 1 fully saturated rings. The molecule has 1 heterocycles. The first-order chi connectivity index (χ1) is 23.1. The molecule has 2 amide bonds. The van der Waals surface area contributed by atoms with E-state index in [4.69, 9.17) is 14.2 Å². The summed E-state index contributed by atoms with van der Waals surface area (Å²) < 4.78 is 17.5. The molecule has 1 aromatic carbocycles. The van der Waals surface area contributed by atoms with Gasteiger partial charge in [-0.25, -0.2) is 0 Å². The Morgan fingerprint density at radius 1 is 0.898 bits per heavy atom. The molecule has 49 heavy (non-hydrogen) atoms. The number of likely N-dealkylation sites (N-methyl/N-ethyl adjacent to an activating group) is 2. The summed E-state index contributed by atoms with van der Waals surface area (Å²) in [6.45, 7) is 14.7. The smallest absolute Gasteiger partial charge is 0.311 e. The van der Waals surface area contributed by atoms with Gasteiger partial charge in [0.2, 0.25) is 11.8 Å². The highest BCUT2D eigenvalue weighted by Gasteiger charge is 2.43. The van der Waals surface area contributed by atoms with Gasteiger partial charge in [0.25, 0.3) is 0 Å². The number of hydrogen-bond donors (Lipinski definition) is 0. The number of methoxy groups -OCH3 is 2. The average Bonchev–Trinajstić information content (AvgIpc) is 3.55. The topological polar surface area (TPSA) is 106 Å². The number of Topliss-reactive ketones (excluding diaryl/α,β-unsaturated/α-hetero) is 1. The minimum Gasteiger partial charge on any atom is -0.461 e. The highest BCUT2D eigenvalue weighted by molar-refractivity contribution is 5.90. The summed E-state index contributed by atoms with van der Waals surface area (Å²) >= 11 is 0. The Kier molecular flexibility index (Phi) is 17.4. The molecule has 0 bridgehead atoms. The highest BCUT2D eigenvalue weighted by atomic mass is 16.5. The van der Waals surface area contributed by atoms with Crippen molar-refractivity contribution in [3.63, 3.8) is 0 Å². The lowest BCUT2D eigenvalue weighted by molar-refractivity contribution is -0.158. The van der Waals surface area contributed by atoms with Crippen LogP contribution >= 0.6 is 0 Å². The highest BCUT2D eigenvalue weighted by Crippen LogP contribution is 2.31. The van der Waals surface area contributed by atoms with Gasteiger partial charge in [0, 0.05) is 40.2 Å². The fraction of sp³-hybridized carbons (Fsp3) is 0.744. The lowest BCUT2D eigenvalue weighted by Crippen LogP contribution is -2.54. The Hall–Kier alpha value is -2.82. The van der Waals surface area contributed by atoms with Gasteiger partial charge < -0.3 is 24.0 Å². The van der Waals surface area contributed by atoms with Crippen LogP contribution in [0.1, 0.15) is 86.1 Å². The predicted octanol–water partition coefficient (Wildman–Crippen LogP) is 5.47. The Morgan fingerprint density at radius 3 is 2.04 bits per heavy atom. The van der Waals surface area contributed by atoms with Gasteiger partial charge in [-0.1, -0.05) is 78.3 Å². The van der Waals surface area contributed by atoms with Crippen LogP contribution in [0.4, 0.5) is 0 Å². The molecule has 0 spiro atoms. The van der Waals surface area contributed by atoms with Gasteiger partial charge in [0.1, 0.15) is 6.61 Å². The van der Waals surface area contributed by atoms with Crippen LogP contribution in [-0.4, -0.2) is 111 Å². The van der Waals surface area contributed by atoms with Gasteiger partial charge in [-0.2, -0.15) is 0 Å². The predicted molar refractivity (Wildman–Crippen MR) is 193 cm³/mol. The van der Waals surface area contributed by atoms with Crippen molar-refractivity contribution in [3.8, 4) is 0 Å². The van der Waals surface area contributed by atoms with Gasteiger partial charge >= 0.3 is 5.97 Å². The largest absolute Gasteiger partial charge is 0.461 e. The first-order valence-electron chi connectivity index (χ1n) is 18.1. The third-order valence-corrected chi connectivity index (χ3v) is 10.5. The molecular weight excluding hydrogens is 622 g/mol. The number of nitrogens with zero attached hydrogens (tertiary/aromatic N) is 3. The summed E-state index contributed by atoms with van der Waals surface area (Å²) in [6, 6.07) is 8.57. The van der Waals surface area contributed by atoms with Gasteiger partial charge in [-0.3, -0.25) is 24.1 Å². The van der Waals surface area contributed by atoms with Crippen LogP contribution < -0.4 is 0 Å². The molecule has 0 saturated carbocycles. The van der Waals surface area contributed by atoms with Crippen molar-refractivity contribution >= 4 is 23.6 Å². The van der Waals surface area contributed by atoms with E-state index in [0.717, 1.165) is 18.4 Å². The SMILES string of the molecule is CC[C@H](C)[C@@H]([C@@H](CC(=O)N1CCC[C@H]1[C@H](OC)[C@@H](C)C(=O)OCc1ccccc1)OC)N(C)C(=O)[C@@H](CC(=O)[C@H](C(C)C)N(C)C)C(C)C. The Morgan fingerprint density at radius 2 is 1.53 bits per heavy atom.